The number of esters is 1. The Hall–Kier alpha value is -4.55. The van der Waals surface area contributed by atoms with Crippen molar-refractivity contribution >= 4 is 62.9 Å². The summed E-state index contributed by atoms with van der Waals surface area (Å²) < 4.78 is 16.9. The number of carbonyl (C=O) groups is 2. The number of aromatic nitrogens is 1. The number of H-pyrrole nitrogens is 1. The number of benzene rings is 2. The number of aliphatic hydroxyl groups is 2. The number of ether oxygens (including phenoxy) is 3. The molecule has 0 spiro atoms. The number of hydrogen-bond donors (Lipinski definition) is 6. The van der Waals surface area contributed by atoms with Crippen molar-refractivity contribution in [3.63, 3.8) is 0 Å². The number of pyridine rings is 1. The Bertz CT molecular complexity index is 2110. The Kier molecular flexibility index (Phi) is 14.5. The van der Waals surface area contributed by atoms with Crippen LogP contribution in [0.1, 0.15) is 52.7 Å². The van der Waals surface area contributed by atoms with Gasteiger partial charge in [0, 0.05) is 48.8 Å². The monoisotopic (exact) mass is 830 g/mol. The molecule has 2 aromatic carbocycles. The first-order chi connectivity index (χ1) is 26.5. The van der Waals surface area contributed by atoms with E-state index in [2.05, 4.69) is 20.5 Å². The van der Waals surface area contributed by atoms with Crippen LogP contribution >= 0.6 is 34.3 Å². The van der Waals surface area contributed by atoms with Gasteiger partial charge in [-0.2, -0.15) is 0 Å². The highest BCUT2D eigenvalue weighted by Crippen LogP contribution is 2.38. The van der Waals surface area contributed by atoms with E-state index in [1.807, 2.05) is 17.8 Å². The molecule has 1 atom stereocenters. The van der Waals surface area contributed by atoms with Gasteiger partial charge in [-0.05, 0) is 85.5 Å². The summed E-state index contributed by atoms with van der Waals surface area (Å²) in [5.41, 5.74) is -0.400. The summed E-state index contributed by atoms with van der Waals surface area (Å²) in [6, 6.07) is 16.6. The lowest BCUT2D eigenvalue weighted by Crippen LogP contribution is -2.42. The number of nitrogens with one attached hydrogen (secondary N) is 3. The molecule has 300 valence electrons. The van der Waals surface area contributed by atoms with Crippen LogP contribution in [0.4, 0.5) is 15.2 Å². The minimum atomic E-state index is -1.83. The van der Waals surface area contributed by atoms with Crippen LogP contribution in [0.5, 0.6) is 11.5 Å². The second-order valence-corrected chi connectivity index (χ2v) is 15.7. The van der Waals surface area contributed by atoms with Crippen molar-refractivity contribution in [2.75, 3.05) is 39.2 Å². The van der Waals surface area contributed by atoms with E-state index < -0.39 is 23.8 Å². The molecule has 0 saturated heterocycles. The van der Waals surface area contributed by atoms with Gasteiger partial charge in [-0.1, -0.05) is 23.7 Å². The summed E-state index contributed by atoms with van der Waals surface area (Å²) in [7, 11) is 3.46. The molecule has 3 heterocycles. The SMILES string of the molecule is COc1cc(NC(=O)OCCN(C)C2CCC(OC(=O)C(O)(c3cccs3)c3cccs3)CC2)c(Cl)cc1CNC[C@H](O)c1cc(O)c2[nH]c(=O)ccc2c1.F. The summed E-state index contributed by atoms with van der Waals surface area (Å²) in [4.78, 5) is 43.4. The molecule has 1 amide bonds. The molecule has 56 heavy (non-hydrogen) atoms. The topological polar surface area (TPSA) is 183 Å². The Morgan fingerprint density at radius 1 is 1.05 bits per heavy atom. The first-order valence-corrected chi connectivity index (χ1v) is 19.9. The summed E-state index contributed by atoms with van der Waals surface area (Å²) >= 11 is 9.15. The highest BCUT2D eigenvalue weighted by atomic mass is 35.5. The predicted molar refractivity (Wildman–Crippen MR) is 215 cm³/mol. The molecular formula is C39H44ClFN4O9S2. The number of aromatic hydroxyl groups is 1. The molecule has 13 nitrogen and oxygen atoms in total. The number of amides is 1. The van der Waals surface area contributed by atoms with Crippen LogP contribution < -0.4 is 20.9 Å². The number of nitrogens with zero attached hydrogens (tertiary/aromatic N) is 1. The second-order valence-electron chi connectivity index (χ2n) is 13.4. The number of anilines is 1. The van der Waals surface area contributed by atoms with E-state index in [4.69, 9.17) is 25.8 Å². The third-order valence-corrected chi connectivity index (χ3v) is 12.0. The molecule has 6 N–H and O–H groups in total. The van der Waals surface area contributed by atoms with Gasteiger partial charge in [-0.15, -0.1) is 22.7 Å². The standard InChI is InChI=1S/C39H43ClN4O9S2.FH/c1-44(26-8-10-27(11-9-26)53-37(48)39(50,33-5-3-15-54-33)34-6-4-16-55-34)13-14-52-38(49)42-29-20-32(51-2)25(18-28(29)40)21-41-22-31(46)24-17-23-7-12-35(47)43-36(23)30(45)19-24;/h3-7,12,15-20,26-27,31,41,45-46,50H,8-11,13-14,21-22H2,1-2H3,(H,42,49)(H,43,47);1H/t26?,27?,31-;/m0./s1. The summed E-state index contributed by atoms with van der Waals surface area (Å²) in [6.45, 7) is 1.05. The predicted octanol–water partition coefficient (Wildman–Crippen LogP) is 6.27. The van der Waals surface area contributed by atoms with Crippen molar-refractivity contribution in [2.45, 2.75) is 56.1 Å². The lowest BCUT2D eigenvalue weighted by atomic mass is 9.91. The molecule has 17 heteroatoms. The van der Waals surface area contributed by atoms with Crippen LogP contribution in [0.3, 0.4) is 0 Å². The molecule has 0 aliphatic heterocycles. The maximum Gasteiger partial charge on any atom is 0.411 e. The average Bonchev–Trinajstić information content (AvgIpc) is 3.92. The van der Waals surface area contributed by atoms with Crippen LogP contribution in [-0.4, -0.2) is 83.3 Å². The third kappa shape index (κ3) is 9.87. The molecule has 6 rings (SSSR count). The van der Waals surface area contributed by atoms with Gasteiger partial charge in [0.15, 0.2) is 0 Å². The number of thiophene rings is 2. The summed E-state index contributed by atoms with van der Waals surface area (Å²) in [6.07, 6.45) is 0.928. The van der Waals surface area contributed by atoms with Crippen molar-refractivity contribution in [2.24, 2.45) is 0 Å². The normalized spacial score (nSPS) is 16.2. The minimum absolute atomic E-state index is 0. The van der Waals surface area contributed by atoms with Gasteiger partial charge in [0.2, 0.25) is 11.2 Å². The van der Waals surface area contributed by atoms with Crippen molar-refractivity contribution in [3.05, 3.63) is 108 Å². The Labute approximate surface area is 335 Å². The smallest absolute Gasteiger partial charge is 0.411 e. The van der Waals surface area contributed by atoms with Gasteiger partial charge < -0.3 is 44.7 Å². The number of halogens is 2. The molecule has 0 unspecified atom stereocenters. The fourth-order valence-electron chi connectivity index (χ4n) is 6.68. The van der Waals surface area contributed by atoms with Gasteiger partial charge >= 0.3 is 12.1 Å². The van der Waals surface area contributed by atoms with Gasteiger partial charge in [0.25, 0.3) is 0 Å². The molecule has 3 aromatic heterocycles. The molecule has 1 aliphatic rings. The number of methoxy groups -OCH3 is 1. The lowest BCUT2D eigenvalue weighted by molar-refractivity contribution is -0.169. The number of fused-ring (bicyclic) bond motifs is 1. The van der Waals surface area contributed by atoms with E-state index in [0.29, 0.717) is 62.6 Å². The van der Waals surface area contributed by atoms with Crippen molar-refractivity contribution in [3.8, 4) is 11.5 Å². The maximum absolute atomic E-state index is 13.3. The van der Waals surface area contributed by atoms with Gasteiger partial charge in [-0.25, -0.2) is 9.59 Å². The zero-order valence-electron chi connectivity index (χ0n) is 30.7. The first-order valence-electron chi connectivity index (χ1n) is 17.7. The molecule has 1 aliphatic carbocycles. The van der Waals surface area contributed by atoms with Crippen molar-refractivity contribution in [1.82, 2.24) is 15.2 Å². The molecule has 5 aromatic rings. The molecule has 0 bridgehead atoms. The Morgan fingerprint density at radius 2 is 1.75 bits per heavy atom. The number of aromatic amines is 1. The first kappa shape index (κ1) is 42.6. The quantitative estimate of drug-likeness (QED) is 0.0655. The van der Waals surface area contributed by atoms with Gasteiger partial charge in [0.1, 0.15) is 24.2 Å². The molecular weight excluding hydrogens is 787 g/mol. The number of rotatable bonds is 15. The molecule has 1 fully saturated rings. The van der Waals surface area contributed by atoms with Gasteiger partial charge in [-0.3, -0.25) is 14.8 Å². The minimum Gasteiger partial charge on any atom is -0.506 e. The van der Waals surface area contributed by atoms with E-state index in [0.717, 1.165) is 12.8 Å². The van der Waals surface area contributed by atoms with E-state index in [1.54, 1.807) is 48.5 Å². The Balaban J connectivity index is 0.00000600. The highest BCUT2D eigenvalue weighted by Gasteiger charge is 2.45. The van der Waals surface area contributed by atoms with Crippen LogP contribution in [0.15, 0.2) is 76.2 Å². The van der Waals surface area contributed by atoms with E-state index in [1.165, 1.54) is 41.9 Å². The van der Waals surface area contributed by atoms with Crippen molar-refractivity contribution in [1.29, 1.82) is 0 Å². The summed E-state index contributed by atoms with van der Waals surface area (Å²) in [5.74, 6) is -0.339. The van der Waals surface area contributed by atoms with E-state index in [-0.39, 0.29) is 52.9 Å². The van der Waals surface area contributed by atoms with Crippen molar-refractivity contribution < 1.29 is 43.8 Å². The largest absolute Gasteiger partial charge is 0.506 e. The Morgan fingerprint density at radius 3 is 2.39 bits per heavy atom. The highest BCUT2D eigenvalue weighted by molar-refractivity contribution is 7.12. The van der Waals surface area contributed by atoms with Crippen LogP contribution in [0.2, 0.25) is 5.02 Å². The van der Waals surface area contributed by atoms with Crippen LogP contribution in [0.25, 0.3) is 10.9 Å². The van der Waals surface area contributed by atoms with Crippen LogP contribution in [-0.2, 0) is 26.4 Å². The summed E-state index contributed by atoms with van der Waals surface area (Å²) in [5, 5.41) is 43.0. The third-order valence-electron chi connectivity index (χ3n) is 9.75. The van der Waals surface area contributed by atoms with Crippen LogP contribution in [0, 0.1) is 0 Å². The molecule has 1 saturated carbocycles. The number of carbonyl (C=O) groups excluding carboxylic acids is 2. The fourth-order valence-corrected chi connectivity index (χ4v) is 8.63. The molecule has 0 radical (unpaired) electrons. The van der Waals surface area contributed by atoms with Gasteiger partial charge in [0.05, 0.1) is 39.2 Å². The maximum atomic E-state index is 13.3. The zero-order chi connectivity index (χ0) is 39.1. The number of hydrogen-bond acceptors (Lipinski definition) is 13. The van der Waals surface area contributed by atoms with E-state index in [9.17, 15) is 29.7 Å². The van der Waals surface area contributed by atoms with E-state index >= 15 is 0 Å². The second kappa shape index (κ2) is 19.1. The number of likely N-dealkylation sites (N-methyl/N-ethyl adjacent to an activating group) is 1. The lowest BCUT2D eigenvalue weighted by Gasteiger charge is -2.35. The number of aliphatic hydroxyl groups excluding tert-OH is 1. The fraction of sp³-hybridized carbons (Fsp3) is 0.359. The number of phenolic OH excluding ortho intramolecular Hbond substituents is 1. The zero-order valence-corrected chi connectivity index (χ0v) is 33.0. The number of phenols is 1. The average molecular weight is 831 g/mol.